The molecule has 2 aliphatic carbocycles. The Morgan fingerprint density at radius 3 is 2.16 bits per heavy atom. The lowest BCUT2D eigenvalue weighted by Crippen LogP contribution is -2.38. The van der Waals surface area contributed by atoms with Crippen molar-refractivity contribution in [3.63, 3.8) is 0 Å². The second kappa shape index (κ2) is 7.25. The molecule has 1 aromatic carbocycles. The van der Waals surface area contributed by atoms with Crippen LogP contribution < -0.4 is 10.6 Å². The van der Waals surface area contributed by atoms with Crippen LogP contribution in [0.1, 0.15) is 49.4 Å². The van der Waals surface area contributed by atoms with Crippen molar-refractivity contribution in [3.05, 3.63) is 29.8 Å². The number of amides is 2. The lowest BCUT2D eigenvalue weighted by atomic mass is 9.86. The lowest BCUT2D eigenvalue weighted by Gasteiger charge is -2.26. The van der Waals surface area contributed by atoms with Crippen molar-refractivity contribution in [1.82, 2.24) is 5.32 Å². The number of benzene rings is 1. The van der Waals surface area contributed by atoms with Crippen LogP contribution in [0, 0.1) is 17.8 Å². The third-order valence-electron chi connectivity index (χ3n) is 5.27. The maximum absolute atomic E-state index is 12.3. The van der Waals surface area contributed by atoms with Gasteiger partial charge in [-0.05, 0) is 62.3 Å². The fourth-order valence-electron chi connectivity index (χ4n) is 3.38. The minimum atomic E-state index is -0.747. The van der Waals surface area contributed by atoms with Crippen molar-refractivity contribution < 1.29 is 19.5 Å². The van der Waals surface area contributed by atoms with Gasteiger partial charge in [-0.15, -0.1) is 0 Å². The highest BCUT2D eigenvalue weighted by Crippen LogP contribution is 2.38. The number of carbonyl (C=O) groups is 3. The van der Waals surface area contributed by atoms with Gasteiger partial charge in [0.25, 0.3) is 5.91 Å². The normalized spacial score (nSPS) is 28.0. The highest BCUT2D eigenvalue weighted by molar-refractivity contribution is 5.97. The number of carboxylic acids is 1. The molecule has 0 spiro atoms. The molecule has 6 nitrogen and oxygen atoms in total. The van der Waals surface area contributed by atoms with Crippen molar-refractivity contribution in [2.45, 2.75) is 45.1 Å². The van der Waals surface area contributed by atoms with Gasteiger partial charge in [0.1, 0.15) is 0 Å². The van der Waals surface area contributed by atoms with Crippen LogP contribution in [0.15, 0.2) is 24.3 Å². The molecular formula is C19H24N2O4. The molecule has 2 aliphatic rings. The molecular weight excluding hydrogens is 320 g/mol. The first-order chi connectivity index (χ1) is 11.9. The molecule has 3 rings (SSSR count). The molecule has 0 saturated heterocycles. The Hall–Kier alpha value is -2.37. The van der Waals surface area contributed by atoms with Crippen LogP contribution in [0.25, 0.3) is 0 Å². The van der Waals surface area contributed by atoms with E-state index in [-0.39, 0.29) is 29.7 Å². The van der Waals surface area contributed by atoms with E-state index in [9.17, 15) is 14.4 Å². The molecule has 1 aromatic rings. The van der Waals surface area contributed by atoms with Crippen LogP contribution >= 0.6 is 0 Å². The molecule has 2 amide bonds. The summed E-state index contributed by atoms with van der Waals surface area (Å²) >= 11 is 0. The topological polar surface area (TPSA) is 95.5 Å². The molecule has 2 saturated carbocycles. The smallest absolute Gasteiger partial charge is 0.306 e. The summed E-state index contributed by atoms with van der Waals surface area (Å²) in [4.78, 5) is 35.2. The molecule has 2 unspecified atom stereocenters. The SMILES string of the molecule is CC1CC1C(=O)Nc1ccc(C(=O)NC2CCC(C(=O)O)CC2)cc1. The molecule has 25 heavy (non-hydrogen) atoms. The standard InChI is InChI=1S/C19H24N2O4/c1-11-10-16(11)18(23)21-15-6-2-12(3-7-15)17(22)20-14-8-4-13(5-9-14)19(24)25/h2-3,6-7,11,13-14,16H,4-5,8-10H2,1H3,(H,20,22)(H,21,23)(H,24,25). The minimum Gasteiger partial charge on any atom is -0.481 e. The van der Waals surface area contributed by atoms with Gasteiger partial charge in [0.15, 0.2) is 0 Å². The number of hydrogen-bond acceptors (Lipinski definition) is 3. The number of carbonyl (C=O) groups excluding carboxylic acids is 2. The van der Waals surface area contributed by atoms with Crippen LogP contribution in [0.5, 0.6) is 0 Å². The maximum atomic E-state index is 12.3. The van der Waals surface area contributed by atoms with Gasteiger partial charge in [-0.1, -0.05) is 6.92 Å². The molecule has 2 fully saturated rings. The first-order valence-corrected chi connectivity index (χ1v) is 8.88. The van der Waals surface area contributed by atoms with Crippen molar-refractivity contribution in [1.29, 1.82) is 0 Å². The molecule has 0 radical (unpaired) electrons. The number of carboxylic acid groups (broad SMARTS) is 1. The van der Waals surface area contributed by atoms with E-state index in [4.69, 9.17) is 5.11 Å². The molecule has 6 heteroatoms. The van der Waals surface area contributed by atoms with E-state index < -0.39 is 5.97 Å². The van der Waals surface area contributed by atoms with Crippen LogP contribution in [-0.4, -0.2) is 28.9 Å². The van der Waals surface area contributed by atoms with Crippen LogP contribution in [0.3, 0.4) is 0 Å². The summed E-state index contributed by atoms with van der Waals surface area (Å²) < 4.78 is 0. The summed E-state index contributed by atoms with van der Waals surface area (Å²) in [6.07, 6.45) is 3.53. The monoisotopic (exact) mass is 344 g/mol. The molecule has 2 atom stereocenters. The summed E-state index contributed by atoms with van der Waals surface area (Å²) in [5.74, 6) is -0.578. The summed E-state index contributed by atoms with van der Waals surface area (Å²) in [6.45, 7) is 2.06. The Kier molecular flexibility index (Phi) is 5.06. The van der Waals surface area contributed by atoms with Gasteiger partial charge in [0, 0.05) is 23.2 Å². The zero-order valence-electron chi connectivity index (χ0n) is 14.3. The van der Waals surface area contributed by atoms with E-state index >= 15 is 0 Å². The van der Waals surface area contributed by atoms with E-state index in [0.29, 0.717) is 42.9 Å². The summed E-state index contributed by atoms with van der Waals surface area (Å²) in [7, 11) is 0. The van der Waals surface area contributed by atoms with Gasteiger partial charge in [-0.3, -0.25) is 14.4 Å². The summed E-state index contributed by atoms with van der Waals surface area (Å²) in [6, 6.07) is 6.90. The van der Waals surface area contributed by atoms with Crippen LogP contribution in [0.2, 0.25) is 0 Å². The van der Waals surface area contributed by atoms with E-state index in [1.54, 1.807) is 24.3 Å². The lowest BCUT2D eigenvalue weighted by molar-refractivity contribution is -0.142. The second-order valence-electron chi connectivity index (χ2n) is 7.25. The number of hydrogen-bond donors (Lipinski definition) is 3. The van der Waals surface area contributed by atoms with Crippen molar-refractivity contribution in [2.24, 2.45) is 17.8 Å². The Morgan fingerprint density at radius 1 is 1.04 bits per heavy atom. The first-order valence-electron chi connectivity index (χ1n) is 8.88. The fraction of sp³-hybridized carbons (Fsp3) is 0.526. The molecule has 3 N–H and O–H groups in total. The number of aliphatic carboxylic acids is 1. The molecule has 134 valence electrons. The Balaban J connectivity index is 1.49. The molecule has 0 bridgehead atoms. The zero-order chi connectivity index (χ0) is 18.0. The molecule has 0 aromatic heterocycles. The highest BCUT2D eigenvalue weighted by Gasteiger charge is 2.39. The fourth-order valence-corrected chi connectivity index (χ4v) is 3.38. The third kappa shape index (κ3) is 4.38. The molecule has 0 aliphatic heterocycles. The second-order valence-corrected chi connectivity index (χ2v) is 7.25. The van der Waals surface area contributed by atoms with Gasteiger partial charge < -0.3 is 15.7 Å². The third-order valence-corrected chi connectivity index (χ3v) is 5.27. The predicted molar refractivity (Wildman–Crippen MR) is 93.2 cm³/mol. The first kappa shape index (κ1) is 17.5. The highest BCUT2D eigenvalue weighted by atomic mass is 16.4. The van der Waals surface area contributed by atoms with E-state index in [0.717, 1.165) is 6.42 Å². The van der Waals surface area contributed by atoms with Crippen LogP contribution in [-0.2, 0) is 9.59 Å². The Bertz CT molecular complexity index is 663. The van der Waals surface area contributed by atoms with Crippen molar-refractivity contribution >= 4 is 23.5 Å². The van der Waals surface area contributed by atoms with E-state index in [2.05, 4.69) is 17.6 Å². The zero-order valence-corrected chi connectivity index (χ0v) is 14.3. The maximum Gasteiger partial charge on any atom is 0.306 e. The van der Waals surface area contributed by atoms with Gasteiger partial charge in [-0.25, -0.2) is 0 Å². The Morgan fingerprint density at radius 2 is 1.64 bits per heavy atom. The molecule has 0 heterocycles. The largest absolute Gasteiger partial charge is 0.481 e. The quantitative estimate of drug-likeness (QED) is 0.765. The average Bonchev–Trinajstić information content (AvgIpc) is 3.33. The predicted octanol–water partition coefficient (Wildman–Crippen LogP) is 2.65. The average molecular weight is 344 g/mol. The van der Waals surface area contributed by atoms with Crippen molar-refractivity contribution in [2.75, 3.05) is 5.32 Å². The minimum absolute atomic E-state index is 0.0267. The number of anilines is 1. The number of rotatable bonds is 5. The summed E-state index contributed by atoms with van der Waals surface area (Å²) in [5, 5.41) is 14.8. The van der Waals surface area contributed by atoms with Crippen molar-refractivity contribution in [3.8, 4) is 0 Å². The van der Waals surface area contributed by atoms with Gasteiger partial charge >= 0.3 is 5.97 Å². The summed E-state index contributed by atoms with van der Waals surface area (Å²) in [5.41, 5.74) is 1.24. The van der Waals surface area contributed by atoms with Gasteiger partial charge in [0.2, 0.25) is 5.91 Å². The van der Waals surface area contributed by atoms with Crippen LogP contribution in [0.4, 0.5) is 5.69 Å². The van der Waals surface area contributed by atoms with E-state index in [1.807, 2.05) is 0 Å². The van der Waals surface area contributed by atoms with Gasteiger partial charge in [-0.2, -0.15) is 0 Å². The van der Waals surface area contributed by atoms with E-state index in [1.165, 1.54) is 0 Å². The Labute approximate surface area is 147 Å². The number of nitrogens with one attached hydrogen (secondary N) is 2. The van der Waals surface area contributed by atoms with Gasteiger partial charge in [0.05, 0.1) is 5.92 Å².